The summed E-state index contributed by atoms with van der Waals surface area (Å²) in [5.74, 6) is 1.29. The molecule has 34 heavy (non-hydrogen) atoms. The Bertz CT molecular complexity index is 1260. The fourth-order valence-corrected chi connectivity index (χ4v) is 5.54. The van der Waals surface area contributed by atoms with Crippen molar-refractivity contribution >= 4 is 33.0 Å². The summed E-state index contributed by atoms with van der Waals surface area (Å²) in [6.45, 7) is 2.58. The van der Waals surface area contributed by atoms with Crippen LogP contribution in [-0.4, -0.2) is 89.3 Å². The Morgan fingerprint density at radius 3 is 2.71 bits per heavy atom. The first-order valence-corrected chi connectivity index (χ1v) is 13.4. The van der Waals surface area contributed by atoms with Crippen molar-refractivity contribution in [3.63, 3.8) is 0 Å². The number of fused-ring (bicyclic) bond motifs is 1. The van der Waals surface area contributed by atoms with E-state index in [1.807, 2.05) is 6.07 Å². The highest BCUT2D eigenvalue weighted by molar-refractivity contribution is 7.88. The van der Waals surface area contributed by atoms with Gasteiger partial charge in [0.1, 0.15) is 11.3 Å². The zero-order valence-corrected chi connectivity index (χ0v) is 20.3. The van der Waals surface area contributed by atoms with Crippen LogP contribution in [0.5, 0.6) is 0 Å². The van der Waals surface area contributed by atoms with Crippen LogP contribution in [0.25, 0.3) is 22.4 Å². The molecule has 12 heteroatoms. The summed E-state index contributed by atoms with van der Waals surface area (Å²) in [5.41, 5.74) is 2.88. The van der Waals surface area contributed by atoms with Crippen LogP contribution >= 0.6 is 0 Å². The number of nitrogens with one attached hydrogen (secondary N) is 2. The van der Waals surface area contributed by atoms with Gasteiger partial charge >= 0.3 is 0 Å². The highest BCUT2D eigenvalue weighted by atomic mass is 32.2. The summed E-state index contributed by atoms with van der Waals surface area (Å²) in [7, 11) is -1.50. The number of ether oxygens (including phenoxy) is 1. The number of aromatic nitrogens is 5. The van der Waals surface area contributed by atoms with Crippen molar-refractivity contribution in [2.45, 2.75) is 37.8 Å². The fraction of sp³-hybridized carbons (Fsp3) is 0.545. The number of anilines is 2. The van der Waals surface area contributed by atoms with Crippen LogP contribution in [0, 0.1) is 0 Å². The summed E-state index contributed by atoms with van der Waals surface area (Å²) in [6, 6.07) is 1.81. The largest absolute Gasteiger partial charge is 0.381 e. The van der Waals surface area contributed by atoms with E-state index in [1.165, 1.54) is 10.6 Å². The van der Waals surface area contributed by atoms with E-state index in [-0.39, 0.29) is 12.1 Å². The molecule has 182 valence electrons. The lowest BCUT2D eigenvalue weighted by molar-refractivity contribution is 0.0816. The first kappa shape index (κ1) is 22.9. The van der Waals surface area contributed by atoms with Crippen molar-refractivity contribution in [2.75, 3.05) is 49.8 Å². The Kier molecular flexibility index (Phi) is 6.36. The quantitative estimate of drug-likeness (QED) is 0.536. The van der Waals surface area contributed by atoms with Gasteiger partial charge in [0, 0.05) is 51.7 Å². The summed E-state index contributed by atoms with van der Waals surface area (Å²) in [6.07, 6.45) is 10.3. The zero-order chi connectivity index (χ0) is 23.7. The number of sulfonamides is 1. The molecule has 2 fully saturated rings. The Morgan fingerprint density at radius 2 is 1.94 bits per heavy atom. The molecule has 0 aromatic carbocycles. The maximum atomic E-state index is 12.1. The molecule has 2 N–H and O–H groups in total. The zero-order valence-electron chi connectivity index (χ0n) is 19.4. The topological polar surface area (TPSA) is 129 Å². The third kappa shape index (κ3) is 4.84. The molecule has 0 amide bonds. The molecule has 2 aliphatic rings. The lowest BCUT2D eigenvalue weighted by Crippen LogP contribution is -2.44. The van der Waals surface area contributed by atoms with Gasteiger partial charge in [-0.05, 0) is 31.7 Å². The lowest BCUT2D eigenvalue weighted by atomic mass is 10.1. The van der Waals surface area contributed by atoms with Crippen molar-refractivity contribution < 1.29 is 13.2 Å². The molecule has 1 unspecified atom stereocenters. The Hall–Kier alpha value is -2.83. The summed E-state index contributed by atoms with van der Waals surface area (Å²) >= 11 is 0. The molecule has 0 spiro atoms. The van der Waals surface area contributed by atoms with E-state index in [9.17, 15) is 8.42 Å². The van der Waals surface area contributed by atoms with Gasteiger partial charge in [-0.15, -0.1) is 0 Å². The Labute approximate surface area is 199 Å². The van der Waals surface area contributed by atoms with Crippen LogP contribution in [0.1, 0.15) is 25.7 Å². The average molecular weight is 487 g/mol. The van der Waals surface area contributed by atoms with Gasteiger partial charge in [0.05, 0.1) is 29.8 Å². The second-order valence-electron chi connectivity index (χ2n) is 8.93. The van der Waals surface area contributed by atoms with Crippen LogP contribution < -0.4 is 10.2 Å². The maximum absolute atomic E-state index is 12.1. The van der Waals surface area contributed by atoms with Crippen LogP contribution in [0.2, 0.25) is 0 Å². The Balaban J connectivity index is 1.47. The standard InChI is InChI=1S/C22H30N8O3S/c1-33-16-6-10-29(11-7-16)22-25-12-17(19-13-24-21-18(27-19)5-8-23-21)20(28-22)26-15-4-3-9-30(14-15)34(2,31)32/h5,8,12-13,15-16H,3-4,6-7,9-11,14H2,1-2H3,(H,23,24)(H,25,26,28). The number of H-pyrrole nitrogens is 1. The van der Waals surface area contributed by atoms with E-state index in [1.54, 1.807) is 25.7 Å². The molecule has 5 rings (SSSR count). The number of rotatable bonds is 6. The molecule has 5 heterocycles. The fourth-order valence-electron chi connectivity index (χ4n) is 4.63. The molecular formula is C22H30N8O3S. The number of hydrogen-bond donors (Lipinski definition) is 2. The molecule has 0 bridgehead atoms. The van der Waals surface area contributed by atoms with Crippen molar-refractivity contribution in [1.82, 2.24) is 29.2 Å². The van der Waals surface area contributed by atoms with E-state index in [4.69, 9.17) is 14.7 Å². The molecule has 11 nitrogen and oxygen atoms in total. The molecular weight excluding hydrogens is 456 g/mol. The first-order chi connectivity index (χ1) is 16.4. The minimum Gasteiger partial charge on any atom is -0.381 e. The van der Waals surface area contributed by atoms with E-state index in [0.717, 1.165) is 49.9 Å². The summed E-state index contributed by atoms with van der Waals surface area (Å²) in [5, 5.41) is 3.51. The normalized spacial score (nSPS) is 20.6. The van der Waals surface area contributed by atoms with Gasteiger partial charge in [0.25, 0.3) is 0 Å². The van der Waals surface area contributed by atoms with Crippen LogP contribution in [0.3, 0.4) is 0 Å². The molecule has 0 radical (unpaired) electrons. The van der Waals surface area contributed by atoms with Gasteiger partial charge in [-0.3, -0.25) is 0 Å². The van der Waals surface area contributed by atoms with E-state index in [0.29, 0.717) is 36.2 Å². The Morgan fingerprint density at radius 1 is 1.12 bits per heavy atom. The SMILES string of the molecule is COC1CCN(c2ncc(-c3cnc4[nH]ccc4n3)c(NC3CCCN(S(C)(=O)=O)C3)n2)CC1. The highest BCUT2D eigenvalue weighted by Crippen LogP contribution is 2.29. The smallest absolute Gasteiger partial charge is 0.227 e. The number of hydrogen-bond acceptors (Lipinski definition) is 9. The van der Waals surface area contributed by atoms with Crippen molar-refractivity contribution in [2.24, 2.45) is 0 Å². The minimum atomic E-state index is -3.25. The molecule has 2 saturated heterocycles. The number of piperidine rings is 2. The number of nitrogens with zero attached hydrogens (tertiary/aromatic N) is 6. The van der Waals surface area contributed by atoms with Crippen LogP contribution in [-0.2, 0) is 14.8 Å². The second-order valence-corrected chi connectivity index (χ2v) is 10.9. The number of methoxy groups -OCH3 is 1. The van der Waals surface area contributed by atoms with Gasteiger partial charge in [0.15, 0.2) is 5.65 Å². The van der Waals surface area contributed by atoms with Gasteiger partial charge < -0.3 is 19.9 Å². The third-order valence-electron chi connectivity index (χ3n) is 6.56. The molecule has 0 saturated carbocycles. The maximum Gasteiger partial charge on any atom is 0.227 e. The summed E-state index contributed by atoms with van der Waals surface area (Å²) < 4.78 is 31.3. The van der Waals surface area contributed by atoms with Crippen LogP contribution in [0.4, 0.5) is 11.8 Å². The average Bonchev–Trinajstić information content (AvgIpc) is 3.32. The third-order valence-corrected chi connectivity index (χ3v) is 7.83. The number of aromatic amines is 1. The molecule has 3 aromatic rings. The van der Waals surface area contributed by atoms with Crippen molar-refractivity contribution in [1.29, 1.82) is 0 Å². The predicted octanol–water partition coefficient (Wildman–Crippen LogP) is 1.87. The minimum absolute atomic E-state index is 0.0619. The molecule has 2 aliphatic heterocycles. The van der Waals surface area contributed by atoms with Gasteiger partial charge in [-0.1, -0.05) is 0 Å². The lowest BCUT2D eigenvalue weighted by Gasteiger charge is -2.33. The summed E-state index contributed by atoms with van der Waals surface area (Å²) in [4.78, 5) is 24.0. The predicted molar refractivity (Wildman–Crippen MR) is 130 cm³/mol. The van der Waals surface area contributed by atoms with E-state index < -0.39 is 10.0 Å². The van der Waals surface area contributed by atoms with Gasteiger partial charge in [0.2, 0.25) is 16.0 Å². The second kappa shape index (κ2) is 9.43. The van der Waals surface area contributed by atoms with Crippen molar-refractivity contribution in [3.05, 3.63) is 24.7 Å². The molecule has 0 aliphatic carbocycles. The first-order valence-electron chi connectivity index (χ1n) is 11.6. The molecule has 3 aromatic heterocycles. The van der Waals surface area contributed by atoms with E-state index in [2.05, 4.69) is 25.2 Å². The van der Waals surface area contributed by atoms with E-state index >= 15 is 0 Å². The van der Waals surface area contributed by atoms with Gasteiger partial charge in [-0.25, -0.2) is 27.7 Å². The van der Waals surface area contributed by atoms with Crippen molar-refractivity contribution in [3.8, 4) is 11.3 Å². The molecule has 1 atom stereocenters. The monoisotopic (exact) mass is 486 g/mol. The van der Waals surface area contributed by atoms with Crippen LogP contribution in [0.15, 0.2) is 24.7 Å². The highest BCUT2D eigenvalue weighted by Gasteiger charge is 2.28. The van der Waals surface area contributed by atoms with Gasteiger partial charge in [-0.2, -0.15) is 4.98 Å².